The second-order valence-electron chi connectivity index (χ2n) is 7.80. The van der Waals surface area contributed by atoms with E-state index in [1.165, 1.54) is 18.0 Å². The highest BCUT2D eigenvalue weighted by atomic mass is 32.2. The number of nitrogens with zero attached hydrogens (tertiary/aromatic N) is 1. The molecule has 8 heteroatoms. The summed E-state index contributed by atoms with van der Waals surface area (Å²) in [5, 5.41) is 5.64. The van der Waals surface area contributed by atoms with Crippen molar-refractivity contribution >= 4 is 46.5 Å². The number of nitrogens with one attached hydrogen (secondary N) is 2. The number of benzene rings is 3. The molecular weight excluding hydrogens is 462 g/mol. The molecule has 0 aliphatic carbocycles. The summed E-state index contributed by atoms with van der Waals surface area (Å²) in [6.45, 7) is 2.47. The van der Waals surface area contributed by atoms with Crippen LogP contribution in [0.2, 0.25) is 0 Å². The van der Waals surface area contributed by atoms with Gasteiger partial charge in [0.2, 0.25) is 0 Å². The first kappa shape index (κ1) is 22.5. The minimum Gasteiger partial charge on any atom is -0.459 e. The number of fused-ring (bicyclic) bond motifs is 2. The van der Waals surface area contributed by atoms with Crippen molar-refractivity contribution in [1.29, 1.82) is 0 Å². The van der Waals surface area contributed by atoms with Gasteiger partial charge in [-0.05, 0) is 67.6 Å². The zero-order valence-electron chi connectivity index (χ0n) is 18.8. The number of hydrogen-bond acceptors (Lipinski definition) is 5. The van der Waals surface area contributed by atoms with Crippen molar-refractivity contribution in [2.45, 2.75) is 16.7 Å². The van der Waals surface area contributed by atoms with Crippen LogP contribution in [-0.4, -0.2) is 24.3 Å². The van der Waals surface area contributed by atoms with E-state index in [-0.39, 0.29) is 17.6 Å². The highest BCUT2D eigenvalue weighted by Crippen LogP contribution is 2.42. The smallest absolute Gasteiger partial charge is 0.291 e. The SMILES string of the molecule is CCN1C(=O)c2ccccc2Sc2cc(NC(=O)c3cccc(NC(=O)c4ccco4)c3)ccc21. The molecule has 1 aromatic heterocycles. The van der Waals surface area contributed by atoms with Crippen LogP contribution in [0.5, 0.6) is 0 Å². The first-order valence-electron chi connectivity index (χ1n) is 11.0. The van der Waals surface area contributed by atoms with Gasteiger partial charge in [-0.2, -0.15) is 0 Å². The maximum atomic E-state index is 13.1. The molecule has 1 aliphatic heterocycles. The normalized spacial score (nSPS) is 12.4. The molecule has 2 N–H and O–H groups in total. The molecule has 0 atom stereocenters. The molecule has 0 saturated carbocycles. The molecule has 3 amide bonds. The number of anilines is 3. The molecule has 0 spiro atoms. The number of rotatable bonds is 5. The third-order valence-electron chi connectivity index (χ3n) is 5.53. The fourth-order valence-electron chi connectivity index (χ4n) is 3.86. The van der Waals surface area contributed by atoms with Crippen molar-refractivity contribution in [3.63, 3.8) is 0 Å². The van der Waals surface area contributed by atoms with Crippen LogP contribution < -0.4 is 15.5 Å². The number of amides is 3. The van der Waals surface area contributed by atoms with Gasteiger partial charge in [0.05, 0.1) is 17.5 Å². The summed E-state index contributed by atoms with van der Waals surface area (Å²) in [7, 11) is 0. The molecule has 3 aromatic carbocycles. The summed E-state index contributed by atoms with van der Waals surface area (Å²) in [5.74, 6) is -0.574. The van der Waals surface area contributed by atoms with Crippen molar-refractivity contribution < 1.29 is 18.8 Å². The van der Waals surface area contributed by atoms with E-state index in [4.69, 9.17) is 4.42 Å². The molecule has 0 radical (unpaired) electrons. The van der Waals surface area contributed by atoms with E-state index >= 15 is 0 Å². The zero-order valence-corrected chi connectivity index (χ0v) is 19.6. The van der Waals surface area contributed by atoms with Crippen molar-refractivity contribution in [2.75, 3.05) is 22.1 Å². The van der Waals surface area contributed by atoms with E-state index in [0.717, 1.165) is 15.5 Å². The molecule has 35 heavy (non-hydrogen) atoms. The Morgan fingerprint density at radius 1 is 0.857 bits per heavy atom. The lowest BCUT2D eigenvalue weighted by Gasteiger charge is -2.21. The molecule has 174 valence electrons. The maximum Gasteiger partial charge on any atom is 0.291 e. The van der Waals surface area contributed by atoms with E-state index in [9.17, 15) is 14.4 Å². The largest absolute Gasteiger partial charge is 0.459 e. The van der Waals surface area contributed by atoms with Crippen LogP contribution in [0.4, 0.5) is 17.1 Å². The molecule has 0 fully saturated rings. The monoisotopic (exact) mass is 483 g/mol. The van der Waals surface area contributed by atoms with Gasteiger partial charge < -0.3 is 20.0 Å². The van der Waals surface area contributed by atoms with Gasteiger partial charge >= 0.3 is 0 Å². The molecular formula is C27H21N3O4S. The molecule has 5 rings (SSSR count). The Balaban J connectivity index is 1.37. The zero-order chi connectivity index (χ0) is 24.4. The quantitative estimate of drug-likeness (QED) is 0.368. The first-order valence-corrected chi connectivity index (χ1v) is 11.8. The Hall–Kier alpha value is -4.30. The lowest BCUT2D eigenvalue weighted by molar-refractivity contribution is 0.0981. The summed E-state index contributed by atoms with van der Waals surface area (Å²) >= 11 is 1.50. The summed E-state index contributed by atoms with van der Waals surface area (Å²) in [4.78, 5) is 41.8. The van der Waals surface area contributed by atoms with Gasteiger partial charge in [0.15, 0.2) is 5.76 Å². The van der Waals surface area contributed by atoms with Crippen LogP contribution in [0.25, 0.3) is 0 Å². The molecule has 0 bridgehead atoms. The van der Waals surface area contributed by atoms with Crippen molar-refractivity contribution in [3.8, 4) is 0 Å². The van der Waals surface area contributed by atoms with E-state index < -0.39 is 5.91 Å². The summed E-state index contributed by atoms with van der Waals surface area (Å²) in [6, 6.07) is 22.9. The molecule has 4 aromatic rings. The van der Waals surface area contributed by atoms with Crippen LogP contribution in [0, 0.1) is 0 Å². The van der Waals surface area contributed by atoms with Crippen molar-refractivity contribution in [1.82, 2.24) is 0 Å². The topological polar surface area (TPSA) is 91.7 Å². The predicted molar refractivity (Wildman–Crippen MR) is 135 cm³/mol. The van der Waals surface area contributed by atoms with Gasteiger partial charge in [-0.1, -0.05) is 30.0 Å². The van der Waals surface area contributed by atoms with Gasteiger partial charge in [-0.15, -0.1) is 0 Å². The van der Waals surface area contributed by atoms with Gasteiger partial charge in [0.1, 0.15) is 0 Å². The van der Waals surface area contributed by atoms with Crippen molar-refractivity contribution in [2.24, 2.45) is 0 Å². The van der Waals surface area contributed by atoms with Gasteiger partial charge in [-0.3, -0.25) is 14.4 Å². The van der Waals surface area contributed by atoms with Gasteiger partial charge in [-0.25, -0.2) is 0 Å². The second kappa shape index (κ2) is 9.52. The Bertz CT molecular complexity index is 1430. The fourth-order valence-corrected chi connectivity index (χ4v) is 4.98. The molecule has 1 aliphatic rings. The Morgan fingerprint density at radius 2 is 1.66 bits per heavy atom. The standard InChI is InChI=1S/C27H21N3O4S/c1-2-30-21-13-12-19(16-24(21)35-23-11-4-3-9-20(23)27(30)33)28-25(31)17-7-5-8-18(15-17)29-26(32)22-10-6-14-34-22/h3-16H,2H2,1H3,(H,28,31)(H,29,32). The lowest BCUT2D eigenvalue weighted by Crippen LogP contribution is -2.30. The van der Waals surface area contributed by atoms with Gasteiger partial charge in [0, 0.05) is 33.3 Å². The number of carbonyl (C=O) groups excluding carboxylic acids is 3. The van der Waals surface area contributed by atoms with E-state index in [2.05, 4.69) is 10.6 Å². The van der Waals surface area contributed by atoms with E-state index in [0.29, 0.717) is 29.0 Å². The van der Waals surface area contributed by atoms with Crippen LogP contribution in [0.15, 0.2) is 99.3 Å². The van der Waals surface area contributed by atoms with Crippen LogP contribution >= 0.6 is 11.8 Å². The highest BCUT2D eigenvalue weighted by Gasteiger charge is 2.26. The average Bonchev–Trinajstić information content (AvgIpc) is 3.38. The molecule has 0 saturated heterocycles. The predicted octanol–water partition coefficient (Wildman–Crippen LogP) is 5.92. The third-order valence-corrected chi connectivity index (χ3v) is 6.66. The maximum absolute atomic E-state index is 13.1. The van der Waals surface area contributed by atoms with Gasteiger partial charge in [0.25, 0.3) is 17.7 Å². The minimum absolute atomic E-state index is 0.0421. The van der Waals surface area contributed by atoms with E-state index in [1.54, 1.807) is 47.4 Å². The summed E-state index contributed by atoms with van der Waals surface area (Å²) in [5.41, 5.74) is 2.94. The number of furan rings is 1. The lowest BCUT2D eigenvalue weighted by atomic mass is 10.1. The fraction of sp³-hybridized carbons (Fsp3) is 0.0741. The average molecular weight is 484 g/mol. The molecule has 2 heterocycles. The minimum atomic E-state index is -0.398. The first-order chi connectivity index (χ1) is 17.0. The third kappa shape index (κ3) is 4.56. The Kier molecular flexibility index (Phi) is 6.12. The molecule has 7 nitrogen and oxygen atoms in total. The number of carbonyl (C=O) groups is 3. The van der Waals surface area contributed by atoms with E-state index in [1.807, 2.05) is 43.3 Å². The molecule has 0 unspecified atom stereocenters. The van der Waals surface area contributed by atoms with Crippen LogP contribution in [-0.2, 0) is 0 Å². The summed E-state index contributed by atoms with van der Waals surface area (Å²) < 4.78 is 5.10. The summed E-state index contributed by atoms with van der Waals surface area (Å²) in [6.07, 6.45) is 1.42. The Morgan fingerprint density at radius 3 is 2.46 bits per heavy atom. The van der Waals surface area contributed by atoms with Crippen LogP contribution in [0.1, 0.15) is 38.2 Å². The number of hydrogen-bond donors (Lipinski definition) is 2. The van der Waals surface area contributed by atoms with Crippen LogP contribution in [0.3, 0.4) is 0 Å². The Labute approximate surface area is 206 Å². The highest BCUT2D eigenvalue weighted by molar-refractivity contribution is 7.99. The van der Waals surface area contributed by atoms with Crippen molar-refractivity contribution in [3.05, 3.63) is 102 Å². The second-order valence-corrected chi connectivity index (χ2v) is 8.88.